The van der Waals surface area contributed by atoms with E-state index in [0.717, 1.165) is 25.2 Å². The molecule has 0 spiro atoms. The van der Waals surface area contributed by atoms with Gasteiger partial charge in [-0.2, -0.15) is 0 Å². The predicted molar refractivity (Wildman–Crippen MR) is 116 cm³/mol. The van der Waals surface area contributed by atoms with E-state index in [2.05, 4.69) is 15.2 Å². The van der Waals surface area contributed by atoms with Crippen molar-refractivity contribution >= 4 is 23.5 Å². The highest BCUT2D eigenvalue weighted by molar-refractivity contribution is 5.98. The number of benzene rings is 1. The summed E-state index contributed by atoms with van der Waals surface area (Å²) in [5, 5.41) is 2.94. The van der Waals surface area contributed by atoms with Crippen LogP contribution in [0.1, 0.15) is 43.6 Å². The summed E-state index contributed by atoms with van der Waals surface area (Å²) in [7, 11) is 0. The fourth-order valence-corrected chi connectivity index (χ4v) is 3.86. The summed E-state index contributed by atoms with van der Waals surface area (Å²) in [4.78, 5) is 33.9. The van der Waals surface area contributed by atoms with Gasteiger partial charge in [0.2, 0.25) is 0 Å². The molecule has 1 unspecified atom stereocenters. The molecule has 5 rings (SSSR count). The lowest BCUT2D eigenvalue weighted by atomic mass is 10.2. The van der Waals surface area contributed by atoms with Crippen LogP contribution < -0.4 is 19.9 Å². The number of nitrogens with zero attached hydrogens (tertiary/aromatic N) is 3. The first kappa shape index (κ1) is 20.2. The highest BCUT2D eigenvalue weighted by Crippen LogP contribution is 2.39. The SMILES string of the molecule is CC.O=C(NCC1CC1)c1ccc2c(n1)N(C(=O)Oc1ccccc1)C1CCN2C1. The predicted octanol–water partition coefficient (Wildman–Crippen LogP) is 3.85. The van der Waals surface area contributed by atoms with E-state index in [1.165, 1.54) is 12.8 Å². The monoisotopic (exact) mass is 408 g/mol. The van der Waals surface area contributed by atoms with Crippen molar-refractivity contribution in [3.63, 3.8) is 0 Å². The number of para-hydroxylation sites is 1. The second-order valence-electron chi connectivity index (χ2n) is 7.63. The number of carbonyl (C=O) groups is 2. The standard InChI is InChI=1S/C21H22N4O3.C2H6/c26-20(22-12-14-6-7-14)17-8-9-18-19(23-17)25(15-10-11-24(18)13-15)21(27)28-16-4-2-1-3-5-16;1-2/h1-5,8-9,14-15H,6-7,10-13H2,(H,22,26);1-2H3. The van der Waals surface area contributed by atoms with E-state index in [1.807, 2.05) is 38.1 Å². The molecule has 1 atom stereocenters. The van der Waals surface area contributed by atoms with Crippen molar-refractivity contribution in [3.8, 4) is 5.75 Å². The van der Waals surface area contributed by atoms with Gasteiger partial charge in [-0.1, -0.05) is 32.0 Å². The first-order valence-electron chi connectivity index (χ1n) is 10.8. The minimum absolute atomic E-state index is 0.000914. The molecular formula is C23H28N4O3. The van der Waals surface area contributed by atoms with E-state index >= 15 is 0 Å². The molecule has 1 aliphatic carbocycles. The molecule has 3 heterocycles. The maximum atomic E-state index is 13.0. The van der Waals surface area contributed by atoms with Crippen LogP contribution in [-0.2, 0) is 0 Å². The van der Waals surface area contributed by atoms with Gasteiger partial charge >= 0.3 is 6.09 Å². The van der Waals surface area contributed by atoms with Crippen molar-refractivity contribution in [3.05, 3.63) is 48.2 Å². The second kappa shape index (κ2) is 8.73. The van der Waals surface area contributed by atoms with E-state index in [1.54, 1.807) is 23.1 Å². The van der Waals surface area contributed by atoms with E-state index in [4.69, 9.17) is 4.74 Å². The van der Waals surface area contributed by atoms with Gasteiger partial charge in [-0.3, -0.25) is 9.69 Å². The second-order valence-corrected chi connectivity index (χ2v) is 7.63. The number of nitrogens with one attached hydrogen (secondary N) is 1. The lowest BCUT2D eigenvalue weighted by Gasteiger charge is -2.35. The molecule has 30 heavy (non-hydrogen) atoms. The summed E-state index contributed by atoms with van der Waals surface area (Å²) in [5.41, 5.74) is 1.21. The first-order valence-corrected chi connectivity index (χ1v) is 10.8. The average molecular weight is 409 g/mol. The Bertz CT molecular complexity index is 914. The number of rotatable bonds is 4. The minimum atomic E-state index is -0.456. The Labute approximate surface area is 177 Å². The molecule has 7 heteroatoms. The van der Waals surface area contributed by atoms with Crippen molar-refractivity contribution in [2.75, 3.05) is 29.4 Å². The van der Waals surface area contributed by atoms with Crippen molar-refractivity contribution in [1.29, 1.82) is 0 Å². The minimum Gasteiger partial charge on any atom is -0.410 e. The highest BCUT2D eigenvalue weighted by atomic mass is 16.6. The molecule has 1 aromatic heterocycles. The zero-order chi connectivity index (χ0) is 21.1. The van der Waals surface area contributed by atoms with Gasteiger partial charge in [0.05, 0.1) is 11.7 Å². The van der Waals surface area contributed by atoms with Crippen LogP contribution in [0, 0.1) is 5.92 Å². The van der Waals surface area contributed by atoms with Crippen LogP contribution in [0.4, 0.5) is 16.3 Å². The number of pyridine rings is 1. The van der Waals surface area contributed by atoms with Crippen LogP contribution in [0.3, 0.4) is 0 Å². The summed E-state index contributed by atoms with van der Waals surface area (Å²) >= 11 is 0. The quantitative estimate of drug-likeness (QED) is 0.832. The number of anilines is 2. The van der Waals surface area contributed by atoms with Gasteiger partial charge in [-0.05, 0) is 49.4 Å². The van der Waals surface area contributed by atoms with E-state index < -0.39 is 6.09 Å². The van der Waals surface area contributed by atoms with E-state index in [0.29, 0.717) is 29.7 Å². The number of amides is 2. The van der Waals surface area contributed by atoms with Crippen LogP contribution in [0.15, 0.2) is 42.5 Å². The molecule has 158 valence electrons. The lowest BCUT2D eigenvalue weighted by molar-refractivity contribution is 0.0946. The van der Waals surface area contributed by atoms with Crippen LogP contribution >= 0.6 is 0 Å². The van der Waals surface area contributed by atoms with Crippen molar-refractivity contribution in [2.24, 2.45) is 5.92 Å². The topological polar surface area (TPSA) is 74.8 Å². The highest BCUT2D eigenvalue weighted by Gasteiger charge is 2.41. The van der Waals surface area contributed by atoms with Gasteiger partial charge in [-0.25, -0.2) is 9.78 Å². The summed E-state index contributed by atoms with van der Waals surface area (Å²) < 4.78 is 5.58. The molecular weight excluding hydrogens is 380 g/mol. The Morgan fingerprint density at radius 3 is 2.60 bits per heavy atom. The molecule has 1 saturated carbocycles. The maximum absolute atomic E-state index is 13.0. The molecule has 3 aliphatic rings. The van der Waals surface area contributed by atoms with Gasteiger partial charge in [0, 0.05) is 19.6 Å². The molecule has 2 aliphatic heterocycles. The summed E-state index contributed by atoms with van der Waals surface area (Å²) in [6, 6.07) is 12.6. The third-order valence-electron chi connectivity index (χ3n) is 5.58. The Hall–Kier alpha value is -3.09. The lowest BCUT2D eigenvalue weighted by Crippen LogP contribution is -2.48. The van der Waals surface area contributed by atoms with Crippen LogP contribution in [0.5, 0.6) is 5.75 Å². The zero-order valence-corrected chi connectivity index (χ0v) is 17.5. The molecule has 2 aromatic rings. The smallest absolute Gasteiger partial charge is 0.410 e. The number of hydrogen-bond donors (Lipinski definition) is 1. The van der Waals surface area contributed by atoms with Gasteiger partial charge in [-0.15, -0.1) is 0 Å². The molecule has 0 radical (unpaired) electrons. The summed E-state index contributed by atoms with van der Waals surface area (Å²) in [5.74, 6) is 1.40. The van der Waals surface area contributed by atoms with Gasteiger partial charge in [0.1, 0.15) is 11.4 Å². The molecule has 2 fully saturated rings. The number of carbonyl (C=O) groups excluding carboxylic acids is 2. The Morgan fingerprint density at radius 1 is 1.10 bits per heavy atom. The summed E-state index contributed by atoms with van der Waals surface area (Å²) in [6.45, 7) is 6.31. The molecule has 2 bridgehead atoms. The average Bonchev–Trinajstić information content (AvgIpc) is 3.53. The Balaban J connectivity index is 0.00000106. The normalized spacial score (nSPS) is 18.8. The molecule has 7 nitrogen and oxygen atoms in total. The molecule has 1 aromatic carbocycles. The van der Waals surface area contributed by atoms with E-state index in [9.17, 15) is 9.59 Å². The number of ether oxygens (including phenoxy) is 1. The van der Waals surface area contributed by atoms with Gasteiger partial charge in [0.15, 0.2) is 5.82 Å². The zero-order valence-electron chi connectivity index (χ0n) is 17.5. The van der Waals surface area contributed by atoms with Crippen molar-refractivity contribution < 1.29 is 14.3 Å². The molecule has 1 saturated heterocycles. The largest absolute Gasteiger partial charge is 0.421 e. The third kappa shape index (κ3) is 4.10. The first-order chi connectivity index (χ1) is 14.7. The third-order valence-corrected chi connectivity index (χ3v) is 5.58. The Kier molecular flexibility index (Phi) is 5.88. The maximum Gasteiger partial charge on any atom is 0.421 e. The number of aromatic nitrogens is 1. The van der Waals surface area contributed by atoms with Crippen LogP contribution in [0.25, 0.3) is 0 Å². The van der Waals surface area contributed by atoms with Crippen molar-refractivity contribution in [2.45, 2.75) is 39.2 Å². The van der Waals surface area contributed by atoms with Crippen molar-refractivity contribution in [1.82, 2.24) is 10.3 Å². The fourth-order valence-electron chi connectivity index (χ4n) is 3.86. The molecule has 1 N–H and O–H groups in total. The van der Waals surface area contributed by atoms with Crippen LogP contribution in [-0.4, -0.2) is 42.7 Å². The number of hydrogen-bond acceptors (Lipinski definition) is 5. The van der Waals surface area contributed by atoms with Gasteiger partial charge in [0.25, 0.3) is 5.91 Å². The fraction of sp³-hybridized carbons (Fsp3) is 0.435. The number of fused-ring (bicyclic) bond motifs is 4. The molecule has 2 amide bonds. The Morgan fingerprint density at radius 2 is 1.87 bits per heavy atom. The summed E-state index contributed by atoms with van der Waals surface area (Å²) in [6.07, 6.45) is 2.74. The van der Waals surface area contributed by atoms with E-state index in [-0.39, 0.29) is 11.9 Å². The van der Waals surface area contributed by atoms with Crippen LogP contribution in [0.2, 0.25) is 0 Å². The van der Waals surface area contributed by atoms with Gasteiger partial charge < -0.3 is 15.0 Å².